The van der Waals surface area contributed by atoms with E-state index >= 15 is 0 Å². The van der Waals surface area contributed by atoms with Gasteiger partial charge >= 0.3 is 6.03 Å². The lowest BCUT2D eigenvalue weighted by Gasteiger charge is -2.36. The zero-order valence-electron chi connectivity index (χ0n) is 26.2. The summed E-state index contributed by atoms with van der Waals surface area (Å²) in [5.74, 6) is -0.242. The zero-order valence-corrected chi connectivity index (χ0v) is 26.2. The van der Waals surface area contributed by atoms with Crippen molar-refractivity contribution in [3.05, 3.63) is 53.9 Å². The molecule has 1 aliphatic rings. The van der Waals surface area contributed by atoms with E-state index in [0.717, 1.165) is 19.3 Å². The van der Waals surface area contributed by atoms with Gasteiger partial charge in [-0.3, -0.25) is 14.6 Å². The van der Waals surface area contributed by atoms with Crippen molar-refractivity contribution in [1.29, 1.82) is 0 Å². The van der Waals surface area contributed by atoms with Crippen LogP contribution < -0.4 is 15.4 Å². The van der Waals surface area contributed by atoms with Gasteiger partial charge in [-0.25, -0.2) is 4.79 Å². The van der Waals surface area contributed by atoms with Crippen molar-refractivity contribution in [1.82, 2.24) is 20.1 Å². The Morgan fingerprint density at radius 3 is 2.53 bits per heavy atom. The molecule has 0 saturated carbocycles. The van der Waals surface area contributed by atoms with E-state index in [1.54, 1.807) is 66.5 Å². The van der Waals surface area contributed by atoms with Gasteiger partial charge in [0.05, 0.1) is 30.4 Å². The van der Waals surface area contributed by atoms with E-state index in [0.29, 0.717) is 35.7 Å². The van der Waals surface area contributed by atoms with Gasteiger partial charge in [0.2, 0.25) is 0 Å². The van der Waals surface area contributed by atoms with Crippen LogP contribution in [0.2, 0.25) is 0 Å². The Balaban J connectivity index is 1.93. The number of carbonyl (C=O) groups is 3. The van der Waals surface area contributed by atoms with E-state index in [9.17, 15) is 19.5 Å². The molecule has 2 heterocycles. The van der Waals surface area contributed by atoms with Gasteiger partial charge in [-0.15, -0.1) is 0 Å². The molecule has 1 aromatic carbocycles. The number of rotatable bonds is 7. The average molecular weight is 598 g/mol. The summed E-state index contributed by atoms with van der Waals surface area (Å²) < 4.78 is 12.6. The second-order valence-corrected chi connectivity index (χ2v) is 11.7. The van der Waals surface area contributed by atoms with Crippen LogP contribution >= 0.6 is 0 Å². The molecule has 2 aromatic rings. The fraction of sp³-hybridized carbons (Fsp3) is 0.562. The first-order valence-electron chi connectivity index (χ1n) is 15.1. The Morgan fingerprint density at radius 2 is 1.86 bits per heavy atom. The molecule has 0 unspecified atom stereocenters. The molecule has 11 nitrogen and oxygen atoms in total. The maximum atomic E-state index is 14.2. The number of aliphatic hydroxyl groups is 1. The first-order valence-corrected chi connectivity index (χ1v) is 15.1. The summed E-state index contributed by atoms with van der Waals surface area (Å²) in [6.07, 6.45) is 5.07. The van der Waals surface area contributed by atoms with E-state index in [-0.39, 0.29) is 55.2 Å². The highest BCUT2D eigenvalue weighted by Gasteiger charge is 2.31. The lowest BCUT2D eigenvalue weighted by Crippen LogP contribution is -2.48. The predicted molar refractivity (Wildman–Crippen MR) is 165 cm³/mol. The molecular weight excluding hydrogens is 550 g/mol. The van der Waals surface area contributed by atoms with Gasteiger partial charge in [-0.05, 0) is 77.3 Å². The summed E-state index contributed by atoms with van der Waals surface area (Å²) in [5.41, 5.74) is 1.28. The Hall–Kier alpha value is -3.70. The van der Waals surface area contributed by atoms with Gasteiger partial charge in [0, 0.05) is 62.3 Å². The maximum absolute atomic E-state index is 14.2. The Bertz CT molecular complexity index is 1210. The monoisotopic (exact) mass is 597 g/mol. The molecule has 0 aliphatic carbocycles. The normalized spacial score (nSPS) is 20.8. The van der Waals surface area contributed by atoms with Crippen LogP contribution in [0.25, 0.3) is 0 Å². The smallest absolute Gasteiger partial charge is 0.319 e. The molecule has 0 spiro atoms. The highest BCUT2D eigenvalue weighted by atomic mass is 16.5. The number of aliphatic hydroxyl groups excluding tert-OH is 1. The zero-order chi connectivity index (χ0) is 31.5. The van der Waals surface area contributed by atoms with Crippen molar-refractivity contribution in [2.24, 2.45) is 5.92 Å². The summed E-state index contributed by atoms with van der Waals surface area (Å²) in [4.78, 5) is 46.9. The highest BCUT2D eigenvalue weighted by Crippen LogP contribution is 2.28. The second kappa shape index (κ2) is 16.2. The van der Waals surface area contributed by atoms with E-state index < -0.39 is 6.04 Å². The van der Waals surface area contributed by atoms with E-state index in [2.05, 4.69) is 15.6 Å². The topological polar surface area (TPSA) is 133 Å². The van der Waals surface area contributed by atoms with E-state index in [4.69, 9.17) is 9.47 Å². The van der Waals surface area contributed by atoms with Crippen molar-refractivity contribution in [3.8, 4) is 5.75 Å². The van der Waals surface area contributed by atoms with Crippen molar-refractivity contribution >= 4 is 23.5 Å². The number of pyridine rings is 1. The SMILES string of the molecule is CC(C)NC(=O)Nc1ccc2c(c1)C(=O)N([C@H](C)CO)C[C@H](C)[C@H](CN(C)C(=O)c1ccncc1)OCCCC[C@@H](C)O2. The van der Waals surface area contributed by atoms with Gasteiger partial charge < -0.3 is 35.0 Å². The average Bonchev–Trinajstić information content (AvgIpc) is 2.98. The number of nitrogens with one attached hydrogen (secondary N) is 2. The van der Waals surface area contributed by atoms with Crippen molar-refractivity contribution in [2.45, 2.75) is 78.2 Å². The second-order valence-electron chi connectivity index (χ2n) is 11.7. The third-order valence-corrected chi connectivity index (χ3v) is 7.46. The van der Waals surface area contributed by atoms with Crippen LogP contribution in [0.4, 0.5) is 10.5 Å². The fourth-order valence-corrected chi connectivity index (χ4v) is 4.96. The number of amides is 4. The number of carbonyl (C=O) groups excluding carboxylic acids is 3. The summed E-state index contributed by atoms with van der Waals surface area (Å²) in [6, 6.07) is 7.45. The van der Waals surface area contributed by atoms with Crippen LogP contribution in [0.5, 0.6) is 5.75 Å². The number of hydrogen-bond acceptors (Lipinski definition) is 7. The summed E-state index contributed by atoms with van der Waals surface area (Å²) in [5, 5.41) is 15.7. The minimum absolute atomic E-state index is 0.0558. The van der Waals surface area contributed by atoms with Gasteiger partial charge in [0.1, 0.15) is 5.75 Å². The van der Waals surface area contributed by atoms with E-state index in [1.807, 2.05) is 27.7 Å². The van der Waals surface area contributed by atoms with Crippen LogP contribution in [0.1, 0.15) is 74.6 Å². The number of aromatic nitrogens is 1. The number of ether oxygens (including phenoxy) is 2. The number of benzene rings is 1. The Labute approximate surface area is 254 Å². The van der Waals surface area contributed by atoms with Crippen LogP contribution in [-0.2, 0) is 4.74 Å². The van der Waals surface area contributed by atoms with Crippen molar-refractivity contribution in [2.75, 3.05) is 38.7 Å². The van der Waals surface area contributed by atoms with Crippen LogP contribution in [0.15, 0.2) is 42.7 Å². The summed E-state index contributed by atoms with van der Waals surface area (Å²) in [6.45, 7) is 10.3. The van der Waals surface area contributed by atoms with E-state index in [1.165, 1.54) is 0 Å². The van der Waals surface area contributed by atoms with Crippen LogP contribution in [0, 0.1) is 5.92 Å². The lowest BCUT2D eigenvalue weighted by molar-refractivity contribution is -0.0149. The molecule has 11 heteroatoms. The molecule has 4 amide bonds. The fourth-order valence-electron chi connectivity index (χ4n) is 4.96. The third kappa shape index (κ3) is 9.93. The number of likely N-dealkylation sites (N-methyl/N-ethyl adjacent to an activating group) is 1. The molecule has 236 valence electrons. The van der Waals surface area contributed by atoms with Crippen LogP contribution in [-0.4, -0.2) is 95.4 Å². The standard InChI is InChI=1S/C32H47N5O6/c1-21(2)34-32(41)35-26-10-11-28-27(17-26)31(40)37(23(4)20-38)18-22(3)29(42-16-8-7-9-24(5)43-28)19-36(6)30(39)25-12-14-33-15-13-25/h10-15,17,21-24,29,38H,7-9,16,18-20H2,1-6H3,(H2,34,35,41)/t22-,23+,24+,29-/m0/s1. The van der Waals surface area contributed by atoms with Crippen LogP contribution in [0.3, 0.4) is 0 Å². The molecular formula is C32H47N5O6. The molecule has 3 N–H and O–H groups in total. The molecule has 0 radical (unpaired) electrons. The number of hydrogen-bond donors (Lipinski definition) is 3. The van der Waals surface area contributed by atoms with Gasteiger partial charge in [0.25, 0.3) is 11.8 Å². The van der Waals surface area contributed by atoms with Crippen molar-refractivity contribution in [3.63, 3.8) is 0 Å². The van der Waals surface area contributed by atoms with Gasteiger partial charge in [-0.2, -0.15) is 0 Å². The summed E-state index contributed by atoms with van der Waals surface area (Å²) in [7, 11) is 1.74. The minimum Gasteiger partial charge on any atom is -0.490 e. The Kier molecular flexibility index (Phi) is 12.8. The summed E-state index contributed by atoms with van der Waals surface area (Å²) >= 11 is 0. The van der Waals surface area contributed by atoms with Gasteiger partial charge in [0.15, 0.2) is 0 Å². The molecule has 43 heavy (non-hydrogen) atoms. The molecule has 0 fully saturated rings. The molecule has 1 aromatic heterocycles. The minimum atomic E-state index is -0.509. The number of nitrogens with zero attached hydrogens (tertiary/aromatic N) is 3. The third-order valence-electron chi connectivity index (χ3n) is 7.46. The maximum Gasteiger partial charge on any atom is 0.319 e. The quantitative estimate of drug-likeness (QED) is 0.436. The Morgan fingerprint density at radius 1 is 1.14 bits per heavy atom. The predicted octanol–water partition coefficient (Wildman–Crippen LogP) is 4.18. The molecule has 1 aliphatic heterocycles. The highest BCUT2D eigenvalue weighted by molar-refractivity contribution is 5.99. The molecule has 4 atom stereocenters. The number of anilines is 1. The van der Waals surface area contributed by atoms with Crippen molar-refractivity contribution < 1.29 is 29.0 Å². The number of fused-ring (bicyclic) bond motifs is 1. The number of urea groups is 1. The van der Waals surface area contributed by atoms with Gasteiger partial charge in [-0.1, -0.05) is 6.92 Å². The molecule has 0 bridgehead atoms. The first-order chi connectivity index (χ1) is 20.5. The largest absolute Gasteiger partial charge is 0.490 e. The lowest BCUT2D eigenvalue weighted by atomic mass is 10.0. The molecule has 3 rings (SSSR count). The first kappa shape index (κ1) is 33.8. The molecule has 0 saturated heterocycles.